The standard InChI is InChI=1S/C13H16N4O2S/c1-9(11-4-2-3-7-16-11)17-12-6-5-10(14)8-13(12)20(15,18)19/h2-9,17H,14H2,1H3,(H2,15,18,19). The Kier molecular flexibility index (Phi) is 3.91. The number of hydrogen-bond donors (Lipinski definition) is 3. The van der Waals surface area contributed by atoms with E-state index in [4.69, 9.17) is 10.9 Å². The third kappa shape index (κ3) is 3.25. The predicted molar refractivity (Wildman–Crippen MR) is 78.5 cm³/mol. The highest BCUT2D eigenvalue weighted by molar-refractivity contribution is 7.89. The van der Waals surface area contributed by atoms with Crippen LogP contribution in [-0.2, 0) is 10.0 Å². The van der Waals surface area contributed by atoms with Gasteiger partial charge in [0.2, 0.25) is 10.0 Å². The number of nitrogens with one attached hydrogen (secondary N) is 1. The molecule has 1 atom stereocenters. The minimum absolute atomic E-state index is 0.0275. The summed E-state index contributed by atoms with van der Waals surface area (Å²) in [5, 5.41) is 8.29. The largest absolute Gasteiger partial charge is 0.399 e. The Hall–Kier alpha value is -2.12. The monoisotopic (exact) mass is 292 g/mol. The Labute approximate surface area is 117 Å². The third-order valence-electron chi connectivity index (χ3n) is 2.82. The van der Waals surface area contributed by atoms with Crippen LogP contribution in [0, 0.1) is 0 Å². The van der Waals surface area contributed by atoms with Gasteiger partial charge in [0.05, 0.1) is 17.4 Å². The molecule has 0 saturated carbocycles. The topological polar surface area (TPSA) is 111 Å². The van der Waals surface area contributed by atoms with Gasteiger partial charge in [-0.2, -0.15) is 0 Å². The van der Waals surface area contributed by atoms with Gasteiger partial charge in [-0.15, -0.1) is 0 Å². The van der Waals surface area contributed by atoms with Gasteiger partial charge in [0.25, 0.3) is 0 Å². The molecule has 7 heteroatoms. The molecule has 1 aromatic heterocycles. The van der Waals surface area contributed by atoms with Crippen LogP contribution in [-0.4, -0.2) is 13.4 Å². The summed E-state index contributed by atoms with van der Waals surface area (Å²) in [7, 11) is -3.85. The van der Waals surface area contributed by atoms with E-state index in [2.05, 4.69) is 10.3 Å². The minimum Gasteiger partial charge on any atom is -0.399 e. The molecule has 0 aliphatic heterocycles. The number of hydrogen-bond acceptors (Lipinski definition) is 5. The molecule has 0 aliphatic rings. The highest BCUT2D eigenvalue weighted by Gasteiger charge is 2.16. The summed E-state index contributed by atoms with van der Waals surface area (Å²) in [4.78, 5) is 4.19. The van der Waals surface area contributed by atoms with Crippen molar-refractivity contribution in [2.45, 2.75) is 17.9 Å². The van der Waals surface area contributed by atoms with Crippen LogP contribution in [0.25, 0.3) is 0 Å². The third-order valence-corrected chi connectivity index (χ3v) is 3.77. The highest BCUT2D eigenvalue weighted by atomic mass is 32.2. The molecule has 2 aromatic rings. The lowest BCUT2D eigenvalue weighted by molar-refractivity contribution is 0.598. The van der Waals surface area contributed by atoms with E-state index in [1.165, 1.54) is 6.07 Å². The molecule has 0 saturated heterocycles. The number of rotatable bonds is 4. The Bertz CT molecular complexity index is 702. The SMILES string of the molecule is CC(Nc1ccc(N)cc1S(N)(=O)=O)c1ccccn1. The van der Waals surface area contributed by atoms with Crippen molar-refractivity contribution in [3.05, 3.63) is 48.3 Å². The molecule has 1 aromatic carbocycles. The zero-order valence-electron chi connectivity index (χ0n) is 10.9. The first-order valence-electron chi connectivity index (χ1n) is 5.98. The number of nitrogen functional groups attached to an aromatic ring is 1. The molecule has 6 nitrogen and oxygen atoms in total. The first kappa shape index (κ1) is 14.3. The van der Waals surface area contributed by atoms with Crippen molar-refractivity contribution in [3.63, 3.8) is 0 Å². The summed E-state index contributed by atoms with van der Waals surface area (Å²) in [6.07, 6.45) is 1.68. The molecule has 106 valence electrons. The average Bonchev–Trinajstić information content (AvgIpc) is 2.40. The van der Waals surface area contributed by atoms with Crippen molar-refractivity contribution in [1.29, 1.82) is 0 Å². The molecular weight excluding hydrogens is 276 g/mol. The van der Waals surface area contributed by atoms with Gasteiger partial charge in [0.15, 0.2) is 0 Å². The second kappa shape index (κ2) is 5.48. The van der Waals surface area contributed by atoms with Crippen LogP contribution in [0.15, 0.2) is 47.5 Å². The Morgan fingerprint density at radius 2 is 2.00 bits per heavy atom. The number of primary sulfonamides is 1. The number of pyridine rings is 1. The van der Waals surface area contributed by atoms with Crippen molar-refractivity contribution in [2.75, 3.05) is 11.1 Å². The van der Waals surface area contributed by atoms with E-state index in [1.807, 2.05) is 25.1 Å². The van der Waals surface area contributed by atoms with E-state index in [-0.39, 0.29) is 10.9 Å². The zero-order valence-corrected chi connectivity index (χ0v) is 11.8. The van der Waals surface area contributed by atoms with E-state index in [9.17, 15) is 8.42 Å². The lowest BCUT2D eigenvalue weighted by Crippen LogP contribution is -2.17. The van der Waals surface area contributed by atoms with Crippen LogP contribution >= 0.6 is 0 Å². The first-order valence-corrected chi connectivity index (χ1v) is 7.52. The number of anilines is 2. The molecule has 0 radical (unpaired) electrons. The van der Waals surface area contributed by atoms with Crippen LogP contribution in [0.1, 0.15) is 18.7 Å². The smallest absolute Gasteiger partial charge is 0.240 e. The van der Waals surface area contributed by atoms with Crippen molar-refractivity contribution in [2.24, 2.45) is 5.14 Å². The molecule has 1 heterocycles. The maximum atomic E-state index is 11.6. The molecule has 0 spiro atoms. The van der Waals surface area contributed by atoms with Gasteiger partial charge in [-0.1, -0.05) is 6.07 Å². The van der Waals surface area contributed by atoms with Crippen LogP contribution in [0.3, 0.4) is 0 Å². The highest BCUT2D eigenvalue weighted by Crippen LogP contribution is 2.26. The minimum atomic E-state index is -3.85. The number of aromatic nitrogens is 1. The number of nitrogens with two attached hydrogens (primary N) is 2. The molecule has 1 unspecified atom stereocenters. The molecular formula is C13H16N4O2S. The van der Waals surface area contributed by atoms with Gasteiger partial charge in [-0.25, -0.2) is 13.6 Å². The first-order chi connectivity index (χ1) is 9.38. The molecule has 20 heavy (non-hydrogen) atoms. The Morgan fingerprint density at radius 3 is 2.60 bits per heavy atom. The number of nitrogens with zero attached hydrogens (tertiary/aromatic N) is 1. The van der Waals surface area contributed by atoms with Crippen LogP contribution < -0.4 is 16.2 Å². The van der Waals surface area contributed by atoms with Crippen molar-refractivity contribution < 1.29 is 8.42 Å². The summed E-state index contributed by atoms with van der Waals surface area (Å²) in [6, 6.07) is 9.91. The van der Waals surface area contributed by atoms with Gasteiger partial charge in [-0.3, -0.25) is 4.98 Å². The fourth-order valence-electron chi connectivity index (χ4n) is 1.83. The normalized spacial score (nSPS) is 12.9. The average molecular weight is 292 g/mol. The van der Waals surface area contributed by atoms with Gasteiger partial charge in [0, 0.05) is 11.9 Å². The van der Waals surface area contributed by atoms with Gasteiger partial charge in [-0.05, 0) is 37.3 Å². The quantitative estimate of drug-likeness (QED) is 0.739. The van der Waals surface area contributed by atoms with Gasteiger partial charge >= 0.3 is 0 Å². The van der Waals surface area contributed by atoms with Gasteiger partial charge < -0.3 is 11.1 Å². The Morgan fingerprint density at radius 1 is 1.25 bits per heavy atom. The zero-order chi connectivity index (χ0) is 14.8. The molecule has 2 rings (SSSR count). The van der Waals surface area contributed by atoms with Crippen molar-refractivity contribution in [1.82, 2.24) is 4.98 Å². The number of sulfonamides is 1. The molecule has 0 aliphatic carbocycles. The van der Waals surface area contributed by atoms with E-state index in [1.54, 1.807) is 18.3 Å². The van der Waals surface area contributed by atoms with Crippen LogP contribution in [0.4, 0.5) is 11.4 Å². The summed E-state index contributed by atoms with van der Waals surface area (Å²) in [5.74, 6) is 0. The van der Waals surface area contributed by atoms with Crippen molar-refractivity contribution >= 4 is 21.4 Å². The van der Waals surface area contributed by atoms with E-state index in [0.29, 0.717) is 11.4 Å². The van der Waals surface area contributed by atoms with E-state index >= 15 is 0 Å². The summed E-state index contributed by atoms with van der Waals surface area (Å²) >= 11 is 0. The lowest BCUT2D eigenvalue weighted by Gasteiger charge is -2.17. The molecule has 0 fully saturated rings. The second-order valence-corrected chi connectivity index (χ2v) is 5.95. The lowest BCUT2D eigenvalue weighted by atomic mass is 10.2. The molecule has 0 bridgehead atoms. The number of benzene rings is 1. The molecule has 5 N–H and O–H groups in total. The fraction of sp³-hybridized carbons (Fsp3) is 0.154. The van der Waals surface area contributed by atoms with E-state index in [0.717, 1.165) is 5.69 Å². The van der Waals surface area contributed by atoms with Gasteiger partial charge in [0.1, 0.15) is 4.90 Å². The van der Waals surface area contributed by atoms with Crippen LogP contribution in [0.2, 0.25) is 0 Å². The summed E-state index contributed by atoms with van der Waals surface area (Å²) in [6.45, 7) is 1.88. The maximum absolute atomic E-state index is 11.6. The fourth-order valence-corrected chi connectivity index (χ4v) is 2.57. The molecule has 0 amide bonds. The van der Waals surface area contributed by atoms with E-state index < -0.39 is 10.0 Å². The summed E-state index contributed by atoms with van der Waals surface area (Å²) in [5.41, 5.74) is 7.14. The maximum Gasteiger partial charge on any atom is 0.240 e. The van der Waals surface area contributed by atoms with Crippen molar-refractivity contribution in [3.8, 4) is 0 Å². The second-order valence-electron chi connectivity index (χ2n) is 4.42. The predicted octanol–water partition coefficient (Wildman–Crippen LogP) is 1.48. The summed E-state index contributed by atoms with van der Waals surface area (Å²) < 4.78 is 23.2. The van der Waals surface area contributed by atoms with Crippen LogP contribution in [0.5, 0.6) is 0 Å². The Balaban J connectivity index is 2.35.